The number of hydrogen-bond donors (Lipinski definition) is 1. The number of carbonyl (C=O) groups excluding carboxylic acids is 2. The molecule has 1 rings (SSSR count). The summed E-state index contributed by atoms with van der Waals surface area (Å²) in [6.07, 6.45) is 1.27. The molecule has 0 unspecified atom stereocenters. The smallest absolute Gasteiger partial charge is 0.243 e. The minimum atomic E-state index is -0.163. The minimum absolute atomic E-state index is 0.000782. The fraction of sp³-hybridized carbons (Fsp3) is 0.467. The van der Waals surface area contributed by atoms with Crippen LogP contribution in [-0.2, 0) is 9.59 Å². The summed E-state index contributed by atoms with van der Waals surface area (Å²) in [5.41, 5.74) is 2.88. The Morgan fingerprint density at radius 1 is 1.21 bits per heavy atom. The van der Waals surface area contributed by atoms with Crippen LogP contribution in [0.15, 0.2) is 18.2 Å². The first kappa shape index (κ1) is 15.2. The van der Waals surface area contributed by atoms with E-state index in [0.29, 0.717) is 6.42 Å². The van der Waals surface area contributed by atoms with Gasteiger partial charge in [-0.25, -0.2) is 0 Å². The molecule has 4 nitrogen and oxygen atoms in total. The molecule has 0 aliphatic heterocycles. The van der Waals surface area contributed by atoms with E-state index in [1.807, 2.05) is 39.0 Å². The molecule has 104 valence electrons. The molecule has 0 fully saturated rings. The van der Waals surface area contributed by atoms with E-state index < -0.39 is 0 Å². The third-order valence-corrected chi connectivity index (χ3v) is 3.02. The van der Waals surface area contributed by atoms with Crippen molar-refractivity contribution < 1.29 is 9.59 Å². The van der Waals surface area contributed by atoms with Gasteiger partial charge in [-0.1, -0.05) is 25.1 Å². The molecule has 0 spiro atoms. The van der Waals surface area contributed by atoms with E-state index >= 15 is 0 Å². The molecule has 1 aromatic rings. The molecule has 1 N–H and O–H groups in total. The molecular weight excluding hydrogens is 240 g/mol. The number of likely N-dealkylation sites (N-methyl/N-ethyl adjacent to an activating group) is 1. The number of nitrogens with zero attached hydrogens (tertiary/aromatic N) is 1. The second-order valence-corrected chi connectivity index (χ2v) is 4.81. The van der Waals surface area contributed by atoms with Crippen LogP contribution in [0.1, 0.15) is 30.9 Å². The maximum absolute atomic E-state index is 11.9. The van der Waals surface area contributed by atoms with Gasteiger partial charge in [0.15, 0.2) is 0 Å². The number of benzene rings is 1. The van der Waals surface area contributed by atoms with Crippen LogP contribution in [0.5, 0.6) is 0 Å². The number of rotatable bonds is 5. The fourth-order valence-electron chi connectivity index (χ4n) is 1.90. The van der Waals surface area contributed by atoms with Gasteiger partial charge in [0.05, 0.1) is 6.54 Å². The monoisotopic (exact) mass is 262 g/mol. The molecule has 0 atom stereocenters. The lowest BCUT2D eigenvalue weighted by Crippen LogP contribution is -2.34. The van der Waals surface area contributed by atoms with Crippen molar-refractivity contribution in [3.05, 3.63) is 29.3 Å². The second kappa shape index (κ2) is 6.92. The molecule has 1 aromatic carbocycles. The fourth-order valence-corrected chi connectivity index (χ4v) is 1.90. The van der Waals surface area contributed by atoms with E-state index in [0.717, 1.165) is 23.2 Å². The van der Waals surface area contributed by atoms with Crippen LogP contribution in [-0.4, -0.2) is 30.3 Å². The first-order valence-corrected chi connectivity index (χ1v) is 6.55. The Balaban J connectivity index is 2.63. The molecule has 0 aliphatic carbocycles. The minimum Gasteiger partial charge on any atom is -0.336 e. The van der Waals surface area contributed by atoms with Gasteiger partial charge in [0, 0.05) is 19.2 Å². The van der Waals surface area contributed by atoms with Crippen molar-refractivity contribution in [3.63, 3.8) is 0 Å². The van der Waals surface area contributed by atoms with E-state index in [1.54, 1.807) is 7.05 Å². The summed E-state index contributed by atoms with van der Waals surface area (Å²) >= 11 is 0. The number of carbonyl (C=O) groups is 2. The summed E-state index contributed by atoms with van der Waals surface area (Å²) in [6.45, 7) is 5.94. The molecular formula is C15H22N2O2. The van der Waals surface area contributed by atoms with Crippen molar-refractivity contribution in [1.29, 1.82) is 0 Å². The van der Waals surface area contributed by atoms with Gasteiger partial charge in [-0.3, -0.25) is 9.59 Å². The zero-order valence-electron chi connectivity index (χ0n) is 12.1. The average Bonchev–Trinajstić information content (AvgIpc) is 2.34. The van der Waals surface area contributed by atoms with Gasteiger partial charge in [0.2, 0.25) is 11.8 Å². The highest BCUT2D eigenvalue weighted by Crippen LogP contribution is 2.19. The van der Waals surface area contributed by atoms with E-state index in [9.17, 15) is 9.59 Å². The summed E-state index contributed by atoms with van der Waals surface area (Å²) < 4.78 is 0. The first-order valence-electron chi connectivity index (χ1n) is 6.55. The van der Waals surface area contributed by atoms with E-state index in [1.165, 1.54) is 4.90 Å². The highest BCUT2D eigenvalue weighted by atomic mass is 16.2. The van der Waals surface area contributed by atoms with Gasteiger partial charge in [-0.05, 0) is 31.4 Å². The topological polar surface area (TPSA) is 49.4 Å². The van der Waals surface area contributed by atoms with Crippen LogP contribution in [0, 0.1) is 13.8 Å². The van der Waals surface area contributed by atoms with Crippen molar-refractivity contribution >= 4 is 17.5 Å². The predicted octanol–water partition coefficient (Wildman–Crippen LogP) is 2.50. The van der Waals surface area contributed by atoms with Crippen LogP contribution in [0.25, 0.3) is 0 Å². The molecule has 0 saturated heterocycles. The summed E-state index contributed by atoms with van der Waals surface area (Å²) in [6, 6.07) is 5.86. The van der Waals surface area contributed by atoms with Gasteiger partial charge >= 0.3 is 0 Å². The number of para-hydroxylation sites is 1. The molecule has 0 saturated carbocycles. The number of amides is 2. The van der Waals surface area contributed by atoms with Crippen LogP contribution < -0.4 is 5.32 Å². The average molecular weight is 262 g/mol. The van der Waals surface area contributed by atoms with Crippen LogP contribution in [0.4, 0.5) is 5.69 Å². The molecule has 0 bridgehead atoms. The zero-order valence-corrected chi connectivity index (χ0v) is 12.1. The maximum atomic E-state index is 11.9. The number of anilines is 1. The lowest BCUT2D eigenvalue weighted by molar-refractivity contribution is -0.133. The summed E-state index contributed by atoms with van der Waals surface area (Å²) in [7, 11) is 1.66. The number of nitrogens with one attached hydrogen (secondary N) is 1. The summed E-state index contributed by atoms with van der Waals surface area (Å²) in [5, 5.41) is 2.87. The molecule has 2 amide bonds. The molecule has 0 heterocycles. The van der Waals surface area contributed by atoms with Gasteiger partial charge in [0.1, 0.15) is 0 Å². The highest BCUT2D eigenvalue weighted by Gasteiger charge is 2.13. The first-order chi connectivity index (χ1) is 8.95. The quantitative estimate of drug-likeness (QED) is 0.886. The molecule has 0 radical (unpaired) electrons. The van der Waals surface area contributed by atoms with Gasteiger partial charge < -0.3 is 10.2 Å². The maximum Gasteiger partial charge on any atom is 0.243 e. The highest BCUT2D eigenvalue weighted by molar-refractivity contribution is 5.95. The van der Waals surface area contributed by atoms with Gasteiger partial charge in [-0.2, -0.15) is 0 Å². The van der Waals surface area contributed by atoms with E-state index in [4.69, 9.17) is 0 Å². The van der Waals surface area contributed by atoms with Gasteiger partial charge in [-0.15, -0.1) is 0 Å². The molecule has 0 aromatic heterocycles. The Morgan fingerprint density at radius 2 is 1.79 bits per heavy atom. The third-order valence-electron chi connectivity index (χ3n) is 3.02. The Labute approximate surface area is 114 Å². The van der Waals surface area contributed by atoms with Gasteiger partial charge in [0.25, 0.3) is 0 Å². The summed E-state index contributed by atoms with van der Waals surface area (Å²) in [4.78, 5) is 25.0. The molecule has 19 heavy (non-hydrogen) atoms. The summed E-state index contributed by atoms with van der Waals surface area (Å²) in [5.74, 6) is -0.163. The van der Waals surface area contributed by atoms with Crippen LogP contribution >= 0.6 is 0 Å². The number of aryl methyl sites for hydroxylation is 2. The van der Waals surface area contributed by atoms with E-state index in [-0.39, 0.29) is 18.4 Å². The Bertz CT molecular complexity index is 449. The zero-order chi connectivity index (χ0) is 14.4. The Hall–Kier alpha value is -1.84. The van der Waals surface area contributed by atoms with Crippen molar-refractivity contribution in [2.75, 3.05) is 18.9 Å². The SMILES string of the molecule is CCCC(=O)N(C)CC(=O)Nc1c(C)cccc1C. The van der Waals surface area contributed by atoms with Crippen molar-refractivity contribution in [3.8, 4) is 0 Å². The third kappa shape index (κ3) is 4.39. The molecule has 4 heteroatoms. The predicted molar refractivity (Wildman–Crippen MR) is 77.1 cm³/mol. The van der Waals surface area contributed by atoms with E-state index in [2.05, 4.69) is 5.32 Å². The largest absolute Gasteiger partial charge is 0.336 e. The van der Waals surface area contributed by atoms with Crippen molar-refractivity contribution in [2.45, 2.75) is 33.6 Å². The standard InChI is InChI=1S/C15H22N2O2/c1-5-7-14(19)17(4)10-13(18)16-15-11(2)8-6-9-12(15)3/h6,8-9H,5,7,10H2,1-4H3,(H,16,18). The van der Waals surface area contributed by atoms with Crippen LogP contribution in [0.3, 0.4) is 0 Å². The lowest BCUT2D eigenvalue weighted by Gasteiger charge is -2.17. The van der Waals surface area contributed by atoms with Crippen molar-refractivity contribution in [1.82, 2.24) is 4.90 Å². The number of hydrogen-bond acceptors (Lipinski definition) is 2. The Kier molecular flexibility index (Phi) is 5.55. The van der Waals surface area contributed by atoms with Crippen molar-refractivity contribution in [2.24, 2.45) is 0 Å². The van der Waals surface area contributed by atoms with Crippen LogP contribution in [0.2, 0.25) is 0 Å². The second-order valence-electron chi connectivity index (χ2n) is 4.81. The lowest BCUT2D eigenvalue weighted by atomic mass is 10.1. The Morgan fingerprint density at radius 3 is 2.32 bits per heavy atom. The molecule has 0 aliphatic rings. The normalized spacial score (nSPS) is 10.1.